The van der Waals surface area contributed by atoms with Gasteiger partial charge in [-0.2, -0.15) is 0 Å². The van der Waals surface area contributed by atoms with Gasteiger partial charge in [0.2, 0.25) is 0 Å². The van der Waals surface area contributed by atoms with Crippen LogP contribution in [0, 0.1) is 5.92 Å². The Bertz CT molecular complexity index is 632. The third-order valence-corrected chi connectivity index (χ3v) is 3.96. The largest absolute Gasteiger partial charge is 0.480 e. The molecule has 0 unspecified atom stereocenters. The van der Waals surface area contributed by atoms with E-state index in [1.165, 1.54) is 0 Å². The van der Waals surface area contributed by atoms with Crippen LogP contribution in [0.5, 0.6) is 5.75 Å². The van der Waals surface area contributed by atoms with Gasteiger partial charge in [-0.1, -0.05) is 11.6 Å². The van der Waals surface area contributed by atoms with Crippen LogP contribution in [-0.2, 0) is 9.53 Å². The maximum absolute atomic E-state index is 12.0. The Balaban J connectivity index is 1.57. The molecule has 2 aliphatic heterocycles. The minimum atomic E-state index is -0.349. The molecule has 0 aromatic heterocycles. The van der Waals surface area contributed by atoms with E-state index in [1.54, 1.807) is 12.1 Å². The van der Waals surface area contributed by atoms with E-state index in [0.29, 0.717) is 41.9 Å². The molecule has 0 spiro atoms. The predicted molar refractivity (Wildman–Crippen MR) is 89.8 cm³/mol. The van der Waals surface area contributed by atoms with Crippen LogP contribution >= 0.6 is 11.6 Å². The van der Waals surface area contributed by atoms with Crippen molar-refractivity contribution in [1.82, 2.24) is 10.6 Å². The highest BCUT2D eigenvalue weighted by molar-refractivity contribution is 6.33. The normalized spacial score (nSPS) is 20.2. The summed E-state index contributed by atoms with van der Waals surface area (Å²) in [4.78, 5) is 23.4. The van der Waals surface area contributed by atoms with Crippen molar-refractivity contribution >= 4 is 34.9 Å². The van der Waals surface area contributed by atoms with Crippen molar-refractivity contribution in [3.63, 3.8) is 0 Å². The number of benzene rings is 1. The van der Waals surface area contributed by atoms with Gasteiger partial charge >= 0.3 is 6.03 Å². The second-order valence-electron chi connectivity index (χ2n) is 5.65. The molecule has 2 aliphatic rings. The van der Waals surface area contributed by atoms with Gasteiger partial charge in [0.25, 0.3) is 5.91 Å². The molecule has 1 aromatic rings. The van der Waals surface area contributed by atoms with Gasteiger partial charge in [-0.25, -0.2) is 4.79 Å². The summed E-state index contributed by atoms with van der Waals surface area (Å²) in [5.74, 6) is 0.364. The summed E-state index contributed by atoms with van der Waals surface area (Å²) >= 11 is 6.12. The van der Waals surface area contributed by atoms with Gasteiger partial charge in [0, 0.05) is 31.2 Å². The van der Waals surface area contributed by atoms with Gasteiger partial charge in [-0.15, -0.1) is 0 Å². The summed E-state index contributed by atoms with van der Waals surface area (Å²) in [7, 11) is 0. The second-order valence-corrected chi connectivity index (χ2v) is 6.06. The molecule has 8 nitrogen and oxygen atoms in total. The fraction of sp³-hybridized carbons (Fsp3) is 0.467. The van der Waals surface area contributed by atoms with E-state index in [4.69, 9.17) is 21.1 Å². The molecule has 130 valence electrons. The molecule has 0 bridgehead atoms. The van der Waals surface area contributed by atoms with Crippen LogP contribution < -0.4 is 26.0 Å². The first-order valence-corrected chi connectivity index (χ1v) is 8.09. The van der Waals surface area contributed by atoms with E-state index in [1.807, 2.05) is 0 Å². The zero-order valence-corrected chi connectivity index (χ0v) is 13.7. The smallest absolute Gasteiger partial charge is 0.319 e. The Morgan fingerprint density at radius 1 is 1.42 bits per heavy atom. The molecule has 3 amide bonds. The zero-order chi connectivity index (χ0) is 16.9. The lowest BCUT2D eigenvalue weighted by molar-refractivity contribution is -0.118. The van der Waals surface area contributed by atoms with Crippen LogP contribution in [-0.4, -0.2) is 51.4 Å². The fourth-order valence-corrected chi connectivity index (χ4v) is 2.81. The minimum Gasteiger partial charge on any atom is -0.480 e. The third kappa shape index (κ3) is 4.28. The molecular formula is C15H19ClN4O4. The SMILES string of the molecule is O=C1COc2c(Cl)cc(NC(=O)NC[C@@H]3CNCCOC3)cc2N1. The van der Waals surface area contributed by atoms with E-state index in [2.05, 4.69) is 21.3 Å². The maximum Gasteiger partial charge on any atom is 0.319 e. The van der Waals surface area contributed by atoms with Crippen molar-refractivity contribution in [2.75, 3.05) is 50.1 Å². The molecular weight excluding hydrogens is 336 g/mol. The number of halogens is 1. The Morgan fingerprint density at radius 3 is 3.17 bits per heavy atom. The predicted octanol–water partition coefficient (Wildman–Crippen LogP) is 1.03. The lowest BCUT2D eigenvalue weighted by Crippen LogP contribution is -2.37. The number of hydrogen-bond acceptors (Lipinski definition) is 5. The topological polar surface area (TPSA) is 101 Å². The van der Waals surface area contributed by atoms with Crippen molar-refractivity contribution < 1.29 is 19.1 Å². The number of amides is 3. The Hall–Kier alpha value is -2.03. The highest BCUT2D eigenvalue weighted by Crippen LogP contribution is 2.38. The molecule has 0 saturated carbocycles. The average molecular weight is 355 g/mol. The molecule has 24 heavy (non-hydrogen) atoms. The molecule has 2 heterocycles. The number of rotatable bonds is 3. The van der Waals surface area contributed by atoms with Crippen molar-refractivity contribution in [2.45, 2.75) is 0 Å². The third-order valence-electron chi connectivity index (χ3n) is 3.68. The highest BCUT2D eigenvalue weighted by Gasteiger charge is 2.20. The van der Waals surface area contributed by atoms with Gasteiger partial charge in [0.1, 0.15) is 0 Å². The molecule has 0 aliphatic carbocycles. The van der Waals surface area contributed by atoms with Crippen LogP contribution in [0.4, 0.5) is 16.2 Å². The van der Waals surface area contributed by atoms with Gasteiger partial charge in [-0.3, -0.25) is 4.79 Å². The van der Waals surface area contributed by atoms with Crippen LogP contribution in [0.1, 0.15) is 0 Å². The molecule has 1 aromatic carbocycles. The van der Waals surface area contributed by atoms with Crippen LogP contribution in [0.25, 0.3) is 0 Å². The van der Waals surface area contributed by atoms with Crippen LogP contribution in [0.3, 0.4) is 0 Å². The Morgan fingerprint density at radius 2 is 2.29 bits per heavy atom. The number of nitrogens with one attached hydrogen (secondary N) is 4. The first-order valence-electron chi connectivity index (χ1n) is 7.71. The maximum atomic E-state index is 12.0. The number of anilines is 2. The minimum absolute atomic E-state index is 0.0719. The standard InChI is InChI=1S/C15H19ClN4O4/c16-11-3-10(4-12-14(11)24-8-13(21)20-12)19-15(22)18-6-9-5-17-1-2-23-7-9/h3-4,9,17H,1-2,5-8H2,(H,20,21)(H2,18,19,22)/t9-/m0/s1. The van der Waals surface area contributed by atoms with Gasteiger partial charge in [-0.05, 0) is 12.1 Å². The van der Waals surface area contributed by atoms with Gasteiger partial charge in [0.15, 0.2) is 12.4 Å². The average Bonchev–Trinajstić information content (AvgIpc) is 2.81. The number of hydrogen-bond donors (Lipinski definition) is 4. The van der Waals surface area contributed by atoms with E-state index in [0.717, 1.165) is 13.1 Å². The molecule has 0 radical (unpaired) electrons. The van der Waals surface area contributed by atoms with E-state index >= 15 is 0 Å². The van der Waals surface area contributed by atoms with Crippen LogP contribution in [0.15, 0.2) is 12.1 Å². The van der Waals surface area contributed by atoms with E-state index < -0.39 is 0 Å². The molecule has 1 atom stereocenters. The van der Waals surface area contributed by atoms with Crippen LogP contribution in [0.2, 0.25) is 5.02 Å². The number of urea groups is 1. The molecule has 1 saturated heterocycles. The Kier molecular flexibility index (Phi) is 5.39. The van der Waals surface area contributed by atoms with Crippen molar-refractivity contribution in [3.8, 4) is 5.75 Å². The summed E-state index contributed by atoms with van der Waals surface area (Å²) in [6.45, 7) is 3.35. The van der Waals surface area contributed by atoms with Gasteiger partial charge in [0.05, 0.1) is 23.9 Å². The summed E-state index contributed by atoms with van der Waals surface area (Å²) in [6.07, 6.45) is 0. The fourth-order valence-electron chi connectivity index (χ4n) is 2.53. The monoisotopic (exact) mass is 354 g/mol. The summed E-state index contributed by atoms with van der Waals surface area (Å²) < 4.78 is 10.7. The van der Waals surface area contributed by atoms with Gasteiger partial charge < -0.3 is 30.7 Å². The molecule has 3 rings (SSSR count). The number of carbonyl (C=O) groups is 2. The van der Waals surface area contributed by atoms with Crippen molar-refractivity contribution in [3.05, 3.63) is 17.2 Å². The molecule has 4 N–H and O–H groups in total. The molecule has 9 heteroatoms. The molecule has 1 fully saturated rings. The second kappa shape index (κ2) is 7.69. The first-order chi connectivity index (χ1) is 11.6. The van der Waals surface area contributed by atoms with Crippen molar-refractivity contribution in [2.24, 2.45) is 5.92 Å². The van der Waals surface area contributed by atoms with E-state index in [9.17, 15) is 9.59 Å². The Labute approximate surface area is 144 Å². The number of fused-ring (bicyclic) bond motifs is 1. The summed E-state index contributed by atoms with van der Waals surface area (Å²) in [6, 6.07) is 2.83. The van der Waals surface area contributed by atoms with Crippen molar-refractivity contribution in [1.29, 1.82) is 0 Å². The first kappa shape index (κ1) is 16.8. The lowest BCUT2D eigenvalue weighted by atomic mass is 10.1. The lowest BCUT2D eigenvalue weighted by Gasteiger charge is -2.20. The quantitative estimate of drug-likeness (QED) is 0.649. The number of ether oxygens (including phenoxy) is 2. The summed E-state index contributed by atoms with van der Waals surface area (Å²) in [5, 5.41) is 11.7. The zero-order valence-electron chi connectivity index (χ0n) is 13.0. The summed E-state index contributed by atoms with van der Waals surface area (Å²) in [5.41, 5.74) is 0.910. The van der Waals surface area contributed by atoms with E-state index in [-0.39, 0.29) is 24.5 Å². The highest BCUT2D eigenvalue weighted by atomic mass is 35.5. The number of carbonyl (C=O) groups excluding carboxylic acids is 2.